The Bertz CT molecular complexity index is 1040. The molecule has 0 saturated carbocycles. The van der Waals surface area contributed by atoms with E-state index in [1.807, 2.05) is 0 Å². The van der Waals surface area contributed by atoms with Gasteiger partial charge in [-0.3, -0.25) is 14.9 Å². The van der Waals surface area contributed by atoms with Crippen molar-refractivity contribution >= 4 is 35.6 Å². The summed E-state index contributed by atoms with van der Waals surface area (Å²) in [4.78, 5) is 49.1. The zero-order valence-electron chi connectivity index (χ0n) is 15.5. The summed E-state index contributed by atoms with van der Waals surface area (Å²) in [5, 5.41) is 11.1. The van der Waals surface area contributed by atoms with Gasteiger partial charge in [-0.05, 0) is 42.5 Å². The maximum absolute atomic E-state index is 12.9. The molecular weight excluding hydrogens is 380 g/mol. The number of nitrogens with zero attached hydrogens (tertiary/aromatic N) is 1. The minimum atomic E-state index is -1.15. The summed E-state index contributed by atoms with van der Waals surface area (Å²) in [6.07, 6.45) is 1.31. The molecule has 1 aliphatic rings. The van der Waals surface area contributed by atoms with Crippen molar-refractivity contribution in [1.29, 1.82) is 0 Å². The number of hydrogen-bond donors (Lipinski definition) is 2. The van der Waals surface area contributed by atoms with E-state index < -0.39 is 23.8 Å². The number of carboxylic acid groups (broad SMARTS) is 1. The molecule has 29 heavy (non-hydrogen) atoms. The maximum Gasteiger partial charge on any atom is 0.335 e. The molecule has 1 aliphatic heterocycles. The summed E-state index contributed by atoms with van der Waals surface area (Å²) < 4.78 is 10.4. The van der Waals surface area contributed by atoms with Gasteiger partial charge < -0.3 is 14.6 Å². The second kappa shape index (κ2) is 7.85. The lowest BCUT2D eigenvalue weighted by Crippen LogP contribution is -2.54. The van der Waals surface area contributed by atoms with Crippen molar-refractivity contribution in [2.75, 3.05) is 19.1 Å². The number of methoxy groups -OCH3 is 2. The van der Waals surface area contributed by atoms with Crippen molar-refractivity contribution in [1.82, 2.24) is 5.32 Å². The lowest BCUT2D eigenvalue weighted by atomic mass is 10.1. The van der Waals surface area contributed by atoms with Crippen LogP contribution in [0.2, 0.25) is 0 Å². The average Bonchev–Trinajstić information content (AvgIpc) is 2.71. The number of carbonyl (C=O) groups is 4. The fraction of sp³-hybridized carbons (Fsp3) is 0.100. The molecule has 9 nitrogen and oxygen atoms in total. The van der Waals surface area contributed by atoms with Crippen molar-refractivity contribution in [3.05, 3.63) is 59.2 Å². The molecule has 1 heterocycles. The number of carbonyl (C=O) groups excluding carboxylic acids is 3. The predicted octanol–water partition coefficient (Wildman–Crippen LogP) is 2.07. The van der Waals surface area contributed by atoms with Crippen LogP contribution in [0, 0.1) is 0 Å². The van der Waals surface area contributed by atoms with Gasteiger partial charge >= 0.3 is 12.0 Å². The summed E-state index contributed by atoms with van der Waals surface area (Å²) in [5.74, 6) is -1.95. The summed E-state index contributed by atoms with van der Waals surface area (Å²) in [6.45, 7) is 0. The smallest absolute Gasteiger partial charge is 0.335 e. The summed E-state index contributed by atoms with van der Waals surface area (Å²) in [7, 11) is 2.92. The van der Waals surface area contributed by atoms with Crippen molar-refractivity contribution in [2.24, 2.45) is 0 Å². The molecule has 3 rings (SSSR count). The Kier molecular flexibility index (Phi) is 5.31. The summed E-state index contributed by atoms with van der Waals surface area (Å²) in [6, 6.07) is 9.02. The molecule has 1 saturated heterocycles. The number of rotatable bonds is 5. The van der Waals surface area contributed by atoms with Crippen LogP contribution in [0.5, 0.6) is 11.5 Å². The number of barbiturate groups is 1. The van der Waals surface area contributed by atoms with Crippen molar-refractivity contribution < 1.29 is 33.8 Å². The quantitative estimate of drug-likeness (QED) is 0.586. The Morgan fingerprint density at radius 3 is 2.31 bits per heavy atom. The van der Waals surface area contributed by atoms with Crippen molar-refractivity contribution in [3.63, 3.8) is 0 Å². The van der Waals surface area contributed by atoms with Crippen LogP contribution in [-0.2, 0) is 9.59 Å². The van der Waals surface area contributed by atoms with Gasteiger partial charge in [-0.25, -0.2) is 14.5 Å². The van der Waals surface area contributed by atoms with Crippen LogP contribution in [0.3, 0.4) is 0 Å². The molecule has 1 fully saturated rings. The fourth-order valence-corrected chi connectivity index (χ4v) is 2.74. The standard InChI is InChI=1S/C20H16N2O7/c1-28-14-8-5-12(16(10-14)29-2)9-15-17(23)21-20(27)22(18(15)24)13-6-3-11(4-7-13)19(25)26/h3-10H,1-2H3,(H,25,26)(H,21,23,27)/b15-9+. The minimum absolute atomic E-state index is 0.00609. The number of amides is 4. The largest absolute Gasteiger partial charge is 0.497 e. The van der Waals surface area contributed by atoms with Crippen LogP contribution in [0.15, 0.2) is 48.0 Å². The predicted molar refractivity (Wildman–Crippen MR) is 102 cm³/mol. The first-order valence-corrected chi connectivity index (χ1v) is 8.32. The van der Waals surface area contributed by atoms with Gasteiger partial charge in [-0.1, -0.05) is 0 Å². The van der Waals surface area contributed by atoms with E-state index in [-0.39, 0.29) is 16.8 Å². The molecule has 0 bridgehead atoms. The second-order valence-corrected chi connectivity index (χ2v) is 5.92. The van der Waals surface area contributed by atoms with Crippen LogP contribution in [0.25, 0.3) is 6.08 Å². The highest BCUT2D eigenvalue weighted by Crippen LogP contribution is 2.28. The molecule has 2 aromatic rings. The molecule has 0 radical (unpaired) electrons. The number of aromatic carboxylic acids is 1. The van der Waals surface area contributed by atoms with E-state index in [9.17, 15) is 19.2 Å². The Labute approximate surface area is 165 Å². The molecule has 0 aliphatic carbocycles. The van der Waals surface area contributed by atoms with E-state index in [1.165, 1.54) is 44.6 Å². The summed E-state index contributed by atoms with van der Waals surface area (Å²) in [5.41, 5.74) is 0.267. The Morgan fingerprint density at radius 2 is 1.72 bits per heavy atom. The number of imide groups is 2. The second-order valence-electron chi connectivity index (χ2n) is 5.92. The minimum Gasteiger partial charge on any atom is -0.497 e. The number of hydrogen-bond acceptors (Lipinski definition) is 6. The van der Waals surface area contributed by atoms with Gasteiger partial charge in [-0.2, -0.15) is 0 Å². The van der Waals surface area contributed by atoms with Gasteiger partial charge in [0.1, 0.15) is 17.1 Å². The van der Waals surface area contributed by atoms with Gasteiger partial charge in [0.2, 0.25) is 0 Å². The maximum atomic E-state index is 12.9. The first kappa shape index (κ1) is 19.6. The normalized spacial score (nSPS) is 15.3. The third-order valence-electron chi connectivity index (χ3n) is 4.21. The molecule has 0 aromatic heterocycles. The summed E-state index contributed by atoms with van der Waals surface area (Å²) >= 11 is 0. The number of ether oxygens (including phenoxy) is 2. The molecular formula is C20H16N2O7. The van der Waals surface area contributed by atoms with Gasteiger partial charge in [0, 0.05) is 11.6 Å². The third-order valence-corrected chi connectivity index (χ3v) is 4.21. The van der Waals surface area contributed by atoms with Crippen molar-refractivity contribution in [3.8, 4) is 11.5 Å². The molecule has 0 atom stereocenters. The van der Waals surface area contributed by atoms with Crippen LogP contribution in [-0.4, -0.2) is 43.1 Å². The number of benzene rings is 2. The third kappa shape index (κ3) is 3.79. The first-order valence-electron chi connectivity index (χ1n) is 8.32. The molecule has 2 aromatic carbocycles. The van der Waals surface area contributed by atoms with Gasteiger partial charge in [0.05, 0.1) is 25.5 Å². The van der Waals surface area contributed by atoms with Crippen LogP contribution >= 0.6 is 0 Å². The topological polar surface area (TPSA) is 122 Å². The highest BCUT2D eigenvalue weighted by molar-refractivity contribution is 6.39. The lowest BCUT2D eigenvalue weighted by molar-refractivity contribution is -0.122. The zero-order valence-corrected chi connectivity index (χ0v) is 15.5. The van der Waals surface area contributed by atoms with E-state index in [4.69, 9.17) is 14.6 Å². The first-order chi connectivity index (χ1) is 13.8. The number of urea groups is 1. The molecule has 0 unspecified atom stereocenters. The molecule has 148 valence electrons. The average molecular weight is 396 g/mol. The number of anilines is 1. The van der Waals surface area contributed by atoms with Gasteiger partial charge in [0.25, 0.3) is 11.8 Å². The SMILES string of the molecule is COc1ccc(/C=C2\C(=O)NC(=O)N(c3ccc(C(=O)O)cc3)C2=O)c(OC)c1. The van der Waals surface area contributed by atoms with E-state index in [2.05, 4.69) is 5.32 Å². The van der Waals surface area contributed by atoms with E-state index in [1.54, 1.807) is 18.2 Å². The Balaban J connectivity index is 2.01. The Hall–Kier alpha value is -4.14. The zero-order chi connectivity index (χ0) is 21.1. The molecule has 2 N–H and O–H groups in total. The fourth-order valence-electron chi connectivity index (χ4n) is 2.74. The lowest BCUT2D eigenvalue weighted by Gasteiger charge is -2.26. The van der Waals surface area contributed by atoms with Crippen LogP contribution < -0.4 is 19.7 Å². The van der Waals surface area contributed by atoms with Gasteiger partial charge in [0.15, 0.2) is 0 Å². The number of carboxylic acids is 1. The van der Waals surface area contributed by atoms with Crippen LogP contribution in [0.4, 0.5) is 10.5 Å². The monoisotopic (exact) mass is 396 g/mol. The molecule has 4 amide bonds. The molecule has 0 spiro atoms. The van der Waals surface area contributed by atoms with E-state index in [0.717, 1.165) is 4.90 Å². The van der Waals surface area contributed by atoms with Crippen LogP contribution in [0.1, 0.15) is 15.9 Å². The number of nitrogens with one attached hydrogen (secondary N) is 1. The molecule has 9 heteroatoms. The van der Waals surface area contributed by atoms with Gasteiger partial charge in [-0.15, -0.1) is 0 Å². The highest BCUT2D eigenvalue weighted by atomic mass is 16.5. The van der Waals surface area contributed by atoms with E-state index in [0.29, 0.717) is 17.1 Å². The highest BCUT2D eigenvalue weighted by Gasteiger charge is 2.37. The van der Waals surface area contributed by atoms with E-state index >= 15 is 0 Å². The van der Waals surface area contributed by atoms with Crippen molar-refractivity contribution in [2.45, 2.75) is 0 Å². The Morgan fingerprint density at radius 1 is 1.03 bits per heavy atom.